The van der Waals surface area contributed by atoms with Crippen molar-refractivity contribution in [2.24, 2.45) is 0 Å². The van der Waals surface area contributed by atoms with E-state index in [1.807, 2.05) is 4.90 Å². The Balaban J connectivity index is 1.69. The number of aromatic nitrogens is 3. The molecule has 6 rings (SSSR count). The number of halogens is 2. The van der Waals surface area contributed by atoms with Crippen LogP contribution in [-0.4, -0.2) is 59.6 Å². The third kappa shape index (κ3) is 3.20. The molecule has 8 nitrogen and oxygen atoms in total. The second-order valence-electron chi connectivity index (χ2n) is 8.70. The Morgan fingerprint density at radius 1 is 1.14 bits per heavy atom. The van der Waals surface area contributed by atoms with E-state index in [0.717, 1.165) is 6.42 Å². The van der Waals surface area contributed by atoms with Gasteiger partial charge in [0, 0.05) is 17.5 Å². The molecule has 36 heavy (non-hydrogen) atoms. The Bertz CT molecular complexity index is 1600. The number of methoxy groups -OCH3 is 2. The number of benzene rings is 2. The summed E-state index contributed by atoms with van der Waals surface area (Å²) < 4.78 is 47.5. The quantitative estimate of drug-likeness (QED) is 0.432. The van der Waals surface area contributed by atoms with Crippen LogP contribution in [0.4, 0.5) is 14.6 Å². The van der Waals surface area contributed by atoms with E-state index in [9.17, 15) is 9.50 Å². The smallest absolute Gasteiger partial charge is 0.318 e. The maximum atomic E-state index is 16.3. The van der Waals surface area contributed by atoms with Crippen molar-refractivity contribution in [1.29, 1.82) is 0 Å². The number of terminal acetylenes is 1. The van der Waals surface area contributed by atoms with Crippen LogP contribution < -0.4 is 14.4 Å². The predicted molar refractivity (Wildman–Crippen MR) is 128 cm³/mol. The molecule has 4 heterocycles. The number of hydrogen-bond acceptors (Lipinski definition) is 8. The van der Waals surface area contributed by atoms with Gasteiger partial charge in [0.15, 0.2) is 5.82 Å². The van der Waals surface area contributed by atoms with Crippen LogP contribution in [0.1, 0.15) is 12.0 Å². The van der Waals surface area contributed by atoms with Crippen LogP contribution in [0.3, 0.4) is 0 Å². The minimum absolute atomic E-state index is 0.0320. The normalized spacial score (nSPS) is 18.7. The minimum atomic E-state index is -0.813. The van der Waals surface area contributed by atoms with Crippen LogP contribution in [0.25, 0.3) is 32.9 Å². The summed E-state index contributed by atoms with van der Waals surface area (Å²) in [6.45, 7) is 1.11. The molecule has 2 aromatic carbocycles. The Morgan fingerprint density at radius 3 is 2.64 bits per heavy atom. The fraction of sp³-hybridized carbons (Fsp3) is 0.269. The molecule has 2 fully saturated rings. The topological polar surface area (TPSA) is 89.8 Å². The summed E-state index contributed by atoms with van der Waals surface area (Å²) in [5, 5.41) is 11.3. The first-order valence-corrected chi connectivity index (χ1v) is 11.2. The molecule has 10 heteroatoms. The lowest BCUT2D eigenvalue weighted by molar-refractivity contribution is 0.0989. The van der Waals surface area contributed by atoms with E-state index in [1.165, 1.54) is 38.5 Å². The molecule has 0 aliphatic carbocycles. The fourth-order valence-electron chi connectivity index (χ4n) is 5.14. The van der Waals surface area contributed by atoms with Crippen molar-refractivity contribution in [2.75, 3.05) is 32.3 Å². The van der Waals surface area contributed by atoms with Gasteiger partial charge in [0.1, 0.15) is 34.0 Å². The molecule has 0 radical (unpaired) electrons. The second kappa shape index (κ2) is 8.17. The number of ether oxygens (including phenoxy) is 3. The summed E-state index contributed by atoms with van der Waals surface area (Å²) in [6, 6.07) is 5.40. The Labute approximate surface area is 204 Å². The van der Waals surface area contributed by atoms with Crippen molar-refractivity contribution in [3.8, 4) is 41.2 Å². The van der Waals surface area contributed by atoms with Crippen molar-refractivity contribution in [1.82, 2.24) is 15.0 Å². The molecule has 182 valence electrons. The van der Waals surface area contributed by atoms with E-state index in [2.05, 4.69) is 20.9 Å². The number of phenolic OH excluding ortho intramolecular Hbond substituents is 1. The predicted octanol–water partition coefficient (Wildman–Crippen LogP) is 3.80. The molecule has 2 saturated heterocycles. The first-order chi connectivity index (χ1) is 17.4. The van der Waals surface area contributed by atoms with Crippen LogP contribution in [-0.2, 0) is 4.74 Å². The monoisotopic (exact) mass is 490 g/mol. The lowest BCUT2D eigenvalue weighted by atomic mass is 9.95. The van der Waals surface area contributed by atoms with Gasteiger partial charge in [-0.15, -0.1) is 6.42 Å². The maximum absolute atomic E-state index is 16.3. The first kappa shape index (κ1) is 22.2. The lowest BCUT2D eigenvalue weighted by Crippen LogP contribution is -2.37. The van der Waals surface area contributed by atoms with Gasteiger partial charge in [-0.3, -0.25) is 0 Å². The molecule has 0 amide bonds. The van der Waals surface area contributed by atoms with Gasteiger partial charge in [0.2, 0.25) is 5.88 Å². The zero-order valence-electron chi connectivity index (χ0n) is 19.4. The van der Waals surface area contributed by atoms with Gasteiger partial charge in [-0.25, -0.2) is 13.8 Å². The summed E-state index contributed by atoms with van der Waals surface area (Å²) in [6.07, 6.45) is 6.49. The SMILES string of the molecule is C#Cc1c(F)ccc2cc(O)cc(-c3nc(OC)c4c(N5CC6CC5CO6)nc(OC)nc4c3F)c12. The van der Waals surface area contributed by atoms with E-state index in [4.69, 9.17) is 20.6 Å². The summed E-state index contributed by atoms with van der Waals surface area (Å²) in [4.78, 5) is 15.3. The van der Waals surface area contributed by atoms with Gasteiger partial charge in [-0.05, 0) is 30.0 Å². The van der Waals surface area contributed by atoms with Crippen LogP contribution in [0.2, 0.25) is 0 Å². The van der Waals surface area contributed by atoms with E-state index >= 15 is 4.39 Å². The second-order valence-corrected chi connectivity index (χ2v) is 8.70. The Hall–Kier alpha value is -4.23. The number of phenols is 1. The third-order valence-corrected chi connectivity index (χ3v) is 6.71. The number of fused-ring (bicyclic) bond motifs is 4. The summed E-state index contributed by atoms with van der Waals surface area (Å²) >= 11 is 0. The summed E-state index contributed by atoms with van der Waals surface area (Å²) in [7, 11) is 2.80. The first-order valence-electron chi connectivity index (χ1n) is 11.2. The molecule has 4 aromatic rings. The molecule has 2 aliphatic heterocycles. The van der Waals surface area contributed by atoms with Gasteiger partial charge in [0.25, 0.3) is 0 Å². The average molecular weight is 490 g/mol. The van der Waals surface area contributed by atoms with Crippen LogP contribution >= 0.6 is 0 Å². The van der Waals surface area contributed by atoms with E-state index in [0.29, 0.717) is 24.4 Å². The van der Waals surface area contributed by atoms with Gasteiger partial charge in [-0.2, -0.15) is 9.97 Å². The summed E-state index contributed by atoms with van der Waals surface area (Å²) in [5.41, 5.74) is -0.266. The summed E-state index contributed by atoms with van der Waals surface area (Å²) in [5.74, 6) is 1.20. The zero-order valence-corrected chi connectivity index (χ0v) is 19.4. The lowest BCUT2D eigenvalue weighted by Gasteiger charge is -2.29. The van der Waals surface area contributed by atoms with Crippen molar-refractivity contribution >= 4 is 27.5 Å². The Kier molecular flexibility index (Phi) is 5.05. The number of nitrogens with zero attached hydrogens (tertiary/aromatic N) is 4. The van der Waals surface area contributed by atoms with Crippen LogP contribution in [0.15, 0.2) is 24.3 Å². The molecular formula is C26H20F2N4O4. The molecule has 2 atom stereocenters. The minimum Gasteiger partial charge on any atom is -0.508 e. The highest BCUT2D eigenvalue weighted by Gasteiger charge is 2.41. The number of anilines is 1. The number of aromatic hydroxyl groups is 1. The number of morpholine rings is 1. The van der Waals surface area contributed by atoms with E-state index < -0.39 is 11.6 Å². The molecular weight excluding hydrogens is 470 g/mol. The molecule has 2 aromatic heterocycles. The molecule has 0 spiro atoms. The van der Waals surface area contributed by atoms with Gasteiger partial charge >= 0.3 is 6.01 Å². The number of pyridine rings is 1. The standard InChI is InChI=1S/C26H20F2N4O4/c1-4-16-18(27)6-5-12-7-14(33)9-17(19(12)16)22-21(28)23-20(25(29-22)34-2)24(31-26(30-23)35-3)32-10-15-8-13(32)11-36-15/h1,5-7,9,13,15,33H,8,10-11H2,2-3H3. The van der Waals surface area contributed by atoms with Crippen LogP contribution in [0.5, 0.6) is 17.6 Å². The Morgan fingerprint density at radius 2 is 1.97 bits per heavy atom. The van der Waals surface area contributed by atoms with Crippen molar-refractivity contribution < 1.29 is 28.1 Å². The maximum Gasteiger partial charge on any atom is 0.318 e. The van der Waals surface area contributed by atoms with Gasteiger partial charge in [0.05, 0.1) is 38.5 Å². The molecule has 2 unspecified atom stereocenters. The highest BCUT2D eigenvalue weighted by atomic mass is 19.1. The zero-order chi connectivity index (χ0) is 25.1. The van der Waals surface area contributed by atoms with E-state index in [-0.39, 0.29) is 62.9 Å². The highest BCUT2D eigenvalue weighted by Crippen LogP contribution is 2.43. The van der Waals surface area contributed by atoms with Gasteiger partial charge < -0.3 is 24.2 Å². The van der Waals surface area contributed by atoms with Crippen molar-refractivity contribution in [2.45, 2.75) is 18.6 Å². The van der Waals surface area contributed by atoms with Gasteiger partial charge in [-0.1, -0.05) is 12.0 Å². The fourth-order valence-corrected chi connectivity index (χ4v) is 5.14. The molecule has 2 bridgehead atoms. The molecule has 1 N–H and O–H groups in total. The van der Waals surface area contributed by atoms with Crippen molar-refractivity contribution in [3.63, 3.8) is 0 Å². The molecule has 2 aliphatic rings. The third-order valence-electron chi connectivity index (χ3n) is 6.71. The van der Waals surface area contributed by atoms with E-state index in [1.54, 1.807) is 0 Å². The number of hydrogen-bond donors (Lipinski definition) is 1. The number of rotatable bonds is 4. The van der Waals surface area contributed by atoms with Crippen molar-refractivity contribution in [3.05, 3.63) is 41.5 Å². The average Bonchev–Trinajstić information content (AvgIpc) is 3.52. The largest absolute Gasteiger partial charge is 0.508 e. The molecule has 0 saturated carbocycles. The highest BCUT2D eigenvalue weighted by molar-refractivity contribution is 6.04. The van der Waals surface area contributed by atoms with Crippen LogP contribution in [0, 0.1) is 24.0 Å².